The van der Waals surface area contributed by atoms with Crippen LogP contribution in [-0.2, 0) is 4.79 Å². The van der Waals surface area contributed by atoms with E-state index >= 15 is 0 Å². The van der Waals surface area contributed by atoms with Crippen LogP contribution in [0.1, 0.15) is 31.4 Å². The lowest BCUT2D eigenvalue weighted by Gasteiger charge is -2.17. The summed E-state index contributed by atoms with van der Waals surface area (Å²) in [6.07, 6.45) is 2.01. The van der Waals surface area contributed by atoms with Crippen molar-refractivity contribution in [1.82, 2.24) is 10.6 Å². The molecule has 2 N–H and O–H groups in total. The second-order valence-electron chi connectivity index (χ2n) is 4.43. The second kappa shape index (κ2) is 6.98. The third-order valence-corrected chi connectivity index (χ3v) is 3.36. The summed E-state index contributed by atoms with van der Waals surface area (Å²) in [5.41, 5.74) is 1.07. The van der Waals surface area contributed by atoms with Crippen molar-refractivity contribution < 1.29 is 4.79 Å². The molecule has 1 amide bonds. The Kier molecular flexibility index (Phi) is 5.93. The average Bonchev–Trinajstić information content (AvgIpc) is 2.83. The first-order valence-corrected chi connectivity index (χ1v) is 6.34. The molecule has 1 aliphatic heterocycles. The van der Waals surface area contributed by atoms with E-state index in [4.69, 9.17) is 11.6 Å². The first-order chi connectivity index (χ1) is 8.16. The van der Waals surface area contributed by atoms with Gasteiger partial charge in [-0.2, -0.15) is 0 Å². The normalized spacial score (nSPS) is 20.0. The molecular formula is C13H18Cl2N2O. The molecule has 0 saturated carbocycles. The van der Waals surface area contributed by atoms with E-state index < -0.39 is 0 Å². The van der Waals surface area contributed by atoms with Gasteiger partial charge in [0.15, 0.2) is 0 Å². The van der Waals surface area contributed by atoms with E-state index in [1.54, 1.807) is 0 Å². The average molecular weight is 289 g/mol. The van der Waals surface area contributed by atoms with Crippen LogP contribution in [0.3, 0.4) is 0 Å². The quantitative estimate of drug-likeness (QED) is 0.898. The van der Waals surface area contributed by atoms with E-state index in [1.165, 1.54) is 0 Å². The summed E-state index contributed by atoms with van der Waals surface area (Å²) in [7, 11) is 0. The van der Waals surface area contributed by atoms with Crippen molar-refractivity contribution in [3.63, 3.8) is 0 Å². The highest BCUT2D eigenvalue weighted by molar-refractivity contribution is 6.30. The lowest BCUT2D eigenvalue weighted by atomic mass is 10.1. The molecule has 0 bridgehead atoms. The van der Waals surface area contributed by atoms with E-state index in [-0.39, 0.29) is 30.4 Å². The molecule has 1 heterocycles. The van der Waals surface area contributed by atoms with Gasteiger partial charge in [0, 0.05) is 5.02 Å². The van der Waals surface area contributed by atoms with Crippen LogP contribution >= 0.6 is 24.0 Å². The Hall–Kier alpha value is -0.770. The van der Waals surface area contributed by atoms with Gasteiger partial charge in [0.05, 0.1) is 12.1 Å². The fraction of sp³-hybridized carbons (Fsp3) is 0.462. The molecule has 2 atom stereocenters. The highest BCUT2D eigenvalue weighted by Crippen LogP contribution is 2.16. The number of halogens is 2. The summed E-state index contributed by atoms with van der Waals surface area (Å²) < 4.78 is 0. The van der Waals surface area contributed by atoms with Crippen LogP contribution in [0, 0.1) is 0 Å². The molecular weight excluding hydrogens is 271 g/mol. The van der Waals surface area contributed by atoms with Crippen molar-refractivity contribution in [1.29, 1.82) is 0 Å². The molecule has 1 aromatic rings. The zero-order valence-corrected chi connectivity index (χ0v) is 11.9. The molecule has 0 radical (unpaired) electrons. The third-order valence-electron chi connectivity index (χ3n) is 3.11. The first kappa shape index (κ1) is 15.3. The smallest absolute Gasteiger partial charge is 0.237 e. The minimum atomic E-state index is -0.0234. The summed E-state index contributed by atoms with van der Waals surface area (Å²) in [5, 5.41) is 6.91. The van der Waals surface area contributed by atoms with E-state index in [0.717, 1.165) is 24.9 Å². The van der Waals surface area contributed by atoms with Crippen molar-refractivity contribution in [2.45, 2.75) is 31.8 Å². The van der Waals surface area contributed by atoms with Gasteiger partial charge in [0.25, 0.3) is 0 Å². The highest BCUT2D eigenvalue weighted by Gasteiger charge is 2.23. The van der Waals surface area contributed by atoms with Crippen LogP contribution in [0.5, 0.6) is 0 Å². The number of hydrogen-bond acceptors (Lipinski definition) is 2. The van der Waals surface area contributed by atoms with Crippen molar-refractivity contribution >= 4 is 29.9 Å². The van der Waals surface area contributed by atoms with Gasteiger partial charge in [0.1, 0.15) is 0 Å². The maximum atomic E-state index is 11.9. The molecule has 3 nitrogen and oxygen atoms in total. The molecule has 100 valence electrons. The zero-order valence-electron chi connectivity index (χ0n) is 10.3. The summed E-state index contributed by atoms with van der Waals surface area (Å²) in [5.74, 6) is 0.0879. The molecule has 0 aromatic heterocycles. The molecule has 1 aliphatic rings. The van der Waals surface area contributed by atoms with Crippen LogP contribution in [0.4, 0.5) is 0 Å². The number of benzene rings is 1. The molecule has 0 aliphatic carbocycles. The van der Waals surface area contributed by atoms with E-state index in [1.807, 2.05) is 31.2 Å². The number of carbonyl (C=O) groups excluding carboxylic acids is 1. The molecule has 18 heavy (non-hydrogen) atoms. The van der Waals surface area contributed by atoms with Gasteiger partial charge in [-0.15, -0.1) is 12.4 Å². The molecule has 1 aromatic carbocycles. The van der Waals surface area contributed by atoms with E-state index in [2.05, 4.69) is 10.6 Å². The Bertz CT molecular complexity index is 388. The number of rotatable bonds is 3. The molecule has 0 spiro atoms. The maximum Gasteiger partial charge on any atom is 0.237 e. The molecule has 1 unspecified atom stereocenters. The second-order valence-corrected chi connectivity index (χ2v) is 4.87. The Balaban J connectivity index is 0.00000162. The number of nitrogens with one attached hydrogen (secondary N) is 2. The molecule has 1 saturated heterocycles. The summed E-state index contributed by atoms with van der Waals surface area (Å²) in [6.45, 7) is 2.92. The minimum absolute atomic E-state index is 0. The monoisotopic (exact) mass is 288 g/mol. The summed E-state index contributed by atoms with van der Waals surface area (Å²) in [4.78, 5) is 11.9. The largest absolute Gasteiger partial charge is 0.348 e. The lowest BCUT2D eigenvalue weighted by molar-refractivity contribution is -0.123. The SMILES string of the molecule is CC(NC(=O)[C@@H]1CCCN1)c1ccc(Cl)cc1.Cl. The Morgan fingerprint density at radius 3 is 2.67 bits per heavy atom. The van der Waals surface area contributed by atoms with Gasteiger partial charge in [-0.05, 0) is 44.0 Å². The number of amides is 1. The van der Waals surface area contributed by atoms with Gasteiger partial charge in [-0.25, -0.2) is 0 Å². The van der Waals surface area contributed by atoms with Crippen molar-refractivity contribution in [2.75, 3.05) is 6.54 Å². The zero-order chi connectivity index (χ0) is 12.3. The maximum absolute atomic E-state index is 11.9. The van der Waals surface area contributed by atoms with Crippen LogP contribution < -0.4 is 10.6 Å². The van der Waals surface area contributed by atoms with Crippen LogP contribution in [-0.4, -0.2) is 18.5 Å². The summed E-state index contributed by atoms with van der Waals surface area (Å²) >= 11 is 5.83. The predicted octanol–water partition coefficient (Wildman–Crippen LogP) is 2.69. The Morgan fingerprint density at radius 2 is 2.11 bits per heavy atom. The van der Waals surface area contributed by atoms with Crippen LogP contribution in [0.2, 0.25) is 5.02 Å². The molecule has 1 fully saturated rings. The third kappa shape index (κ3) is 3.87. The van der Waals surface area contributed by atoms with Crippen molar-refractivity contribution in [3.05, 3.63) is 34.9 Å². The predicted molar refractivity (Wildman–Crippen MR) is 76.3 cm³/mol. The van der Waals surface area contributed by atoms with Gasteiger partial charge in [-0.3, -0.25) is 4.79 Å². The number of hydrogen-bond donors (Lipinski definition) is 2. The first-order valence-electron chi connectivity index (χ1n) is 5.96. The number of carbonyl (C=O) groups is 1. The standard InChI is InChI=1S/C13H17ClN2O.ClH/c1-9(10-4-6-11(14)7-5-10)16-13(17)12-3-2-8-15-12;/h4-7,9,12,15H,2-3,8H2,1H3,(H,16,17);1H/t9?,12-;/m0./s1. The van der Waals surface area contributed by atoms with Gasteiger partial charge in [0.2, 0.25) is 5.91 Å². The van der Waals surface area contributed by atoms with Crippen molar-refractivity contribution in [3.8, 4) is 0 Å². The topological polar surface area (TPSA) is 41.1 Å². The minimum Gasteiger partial charge on any atom is -0.348 e. The fourth-order valence-electron chi connectivity index (χ4n) is 2.06. The molecule has 5 heteroatoms. The highest BCUT2D eigenvalue weighted by atomic mass is 35.5. The van der Waals surface area contributed by atoms with E-state index in [0.29, 0.717) is 5.02 Å². The van der Waals surface area contributed by atoms with Crippen molar-refractivity contribution in [2.24, 2.45) is 0 Å². The Labute approximate surface area is 119 Å². The van der Waals surface area contributed by atoms with Gasteiger partial charge >= 0.3 is 0 Å². The van der Waals surface area contributed by atoms with Gasteiger partial charge in [-0.1, -0.05) is 23.7 Å². The molecule has 2 rings (SSSR count). The van der Waals surface area contributed by atoms with Crippen LogP contribution in [0.15, 0.2) is 24.3 Å². The fourth-order valence-corrected chi connectivity index (χ4v) is 2.18. The lowest BCUT2D eigenvalue weighted by Crippen LogP contribution is -2.41. The van der Waals surface area contributed by atoms with Gasteiger partial charge < -0.3 is 10.6 Å². The summed E-state index contributed by atoms with van der Waals surface area (Å²) in [6, 6.07) is 7.55. The van der Waals surface area contributed by atoms with Crippen LogP contribution in [0.25, 0.3) is 0 Å². The van der Waals surface area contributed by atoms with E-state index in [9.17, 15) is 4.79 Å². The Morgan fingerprint density at radius 1 is 1.44 bits per heavy atom.